The molecule has 18 heavy (non-hydrogen) atoms. The van der Waals surface area contributed by atoms with Crippen LogP contribution in [0, 0.1) is 0 Å². The Morgan fingerprint density at radius 2 is 1.89 bits per heavy atom. The quantitative estimate of drug-likeness (QED) is 0.647. The maximum Gasteiger partial charge on any atom is 0.339 e. The molecule has 1 aromatic rings. The Kier molecular flexibility index (Phi) is 5.67. The van der Waals surface area contributed by atoms with Crippen molar-refractivity contribution in [3.05, 3.63) is 29.8 Å². The molecule has 6 heteroatoms. The zero-order valence-corrected chi connectivity index (χ0v) is 11.2. The van der Waals surface area contributed by atoms with Crippen LogP contribution in [0.2, 0.25) is 0 Å². The van der Waals surface area contributed by atoms with Gasteiger partial charge in [0.25, 0.3) is 0 Å². The van der Waals surface area contributed by atoms with Gasteiger partial charge in [-0.15, -0.1) is 0 Å². The van der Waals surface area contributed by atoms with Crippen molar-refractivity contribution in [2.75, 3.05) is 14.2 Å². The van der Waals surface area contributed by atoms with Gasteiger partial charge in [-0.05, 0) is 31.0 Å². The molecule has 0 aliphatic carbocycles. The van der Waals surface area contributed by atoms with E-state index in [1.165, 1.54) is 26.2 Å². The third-order valence-electron chi connectivity index (χ3n) is 2.19. The number of benzene rings is 1. The molecule has 0 heterocycles. The van der Waals surface area contributed by atoms with Gasteiger partial charge in [0.15, 0.2) is 0 Å². The monoisotopic (exact) mass is 269 g/mol. The number of hydrogen-bond donors (Lipinski definition) is 1. The average molecular weight is 269 g/mol. The lowest BCUT2D eigenvalue weighted by Crippen LogP contribution is -2.30. The summed E-state index contributed by atoms with van der Waals surface area (Å²) in [5.41, 5.74) is 0.453. The van der Waals surface area contributed by atoms with Gasteiger partial charge in [-0.2, -0.15) is 0 Å². The summed E-state index contributed by atoms with van der Waals surface area (Å²) in [6, 6.07) is 6.53. The van der Waals surface area contributed by atoms with Gasteiger partial charge in [-0.3, -0.25) is 4.79 Å². The molecule has 0 aliphatic rings. The lowest BCUT2D eigenvalue weighted by Gasteiger charge is -2.12. The minimum absolute atomic E-state index is 0.363. The van der Waals surface area contributed by atoms with Gasteiger partial charge in [0.1, 0.15) is 6.04 Å². The van der Waals surface area contributed by atoms with Gasteiger partial charge in [-0.1, -0.05) is 12.1 Å². The van der Waals surface area contributed by atoms with Crippen molar-refractivity contribution in [3.63, 3.8) is 0 Å². The highest BCUT2D eigenvalue weighted by atomic mass is 32.2. The Labute approximate surface area is 110 Å². The van der Waals surface area contributed by atoms with Crippen molar-refractivity contribution >= 4 is 23.9 Å². The molecule has 98 valence electrons. The van der Waals surface area contributed by atoms with E-state index in [-0.39, 0.29) is 5.97 Å². The third kappa shape index (κ3) is 3.75. The number of methoxy groups -OCH3 is 2. The molecular formula is C12H15NO4S. The van der Waals surface area contributed by atoms with Crippen LogP contribution in [0.4, 0.5) is 0 Å². The molecule has 1 aromatic carbocycles. The smallest absolute Gasteiger partial charge is 0.339 e. The zero-order valence-electron chi connectivity index (χ0n) is 10.4. The number of carbonyl (C=O) groups is 2. The molecule has 0 amide bonds. The SMILES string of the molecule is COC(=O)c1ccccc1SN[C@@H](C)C(=O)OC. The van der Waals surface area contributed by atoms with Crippen molar-refractivity contribution in [1.82, 2.24) is 4.72 Å². The fraction of sp³-hybridized carbons (Fsp3) is 0.333. The molecule has 0 unspecified atom stereocenters. The molecular weight excluding hydrogens is 254 g/mol. The molecule has 1 N–H and O–H groups in total. The first-order valence-corrected chi connectivity index (χ1v) is 6.09. The van der Waals surface area contributed by atoms with Crippen LogP contribution in [0.3, 0.4) is 0 Å². The minimum Gasteiger partial charge on any atom is -0.468 e. The lowest BCUT2D eigenvalue weighted by molar-refractivity contribution is -0.142. The number of rotatable bonds is 5. The van der Waals surface area contributed by atoms with Crippen LogP contribution in [-0.2, 0) is 14.3 Å². The molecule has 0 saturated carbocycles. The van der Waals surface area contributed by atoms with Crippen LogP contribution in [-0.4, -0.2) is 32.2 Å². The Hall–Kier alpha value is -1.53. The topological polar surface area (TPSA) is 64.6 Å². The van der Waals surface area contributed by atoms with Gasteiger partial charge in [-0.25, -0.2) is 9.52 Å². The van der Waals surface area contributed by atoms with E-state index in [4.69, 9.17) is 0 Å². The molecule has 0 aromatic heterocycles. The molecule has 0 aliphatic heterocycles. The summed E-state index contributed by atoms with van der Waals surface area (Å²) in [7, 11) is 2.65. The highest BCUT2D eigenvalue weighted by molar-refractivity contribution is 7.97. The summed E-state index contributed by atoms with van der Waals surface area (Å²) in [5.74, 6) is -0.774. The molecule has 0 radical (unpaired) electrons. The standard InChI is InChI=1S/C12H15NO4S/c1-8(11(14)16-2)13-18-10-7-5-4-6-9(10)12(15)17-3/h4-8,13H,1-3H3/t8-/m0/s1. The maximum atomic E-state index is 11.5. The van der Waals surface area contributed by atoms with Gasteiger partial charge in [0.2, 0.25) is 0 Å². The maximum absolute atomic E-state index is 11.5. The van der Waals surface area contributed by atoms with Gasteiger partial charge in [0.05, 0.1) is 19.8 Å². The molecule has 1 atom stereocenters. The highest BCUT2D eigenvalue weighted by Gasteiger charge is 2.15. The summed E-state index contributed by atoms with van der Waals surface area (Å²) in [6.07, 6.45) is 0. The van der Waals surface area contributed by atoms with Crippen molar-refractivity contribution < 1.29 is 19.1 Å². The van der Waals surface area contributed by atoms with Crippen LogP contribution in [0.5, 0.6) is 0 Å². The third-order valence-corrected chi connectivity index (χ3v) is 3.24. The predicted molar refractivity (Wildman–Crippen MR) is 68.3 cm³/mol. The zero-order chi connectivity index (χ0) is 13.5. The van der Waals surface area contributed by atoms with Crippen molar-refractivity contribution in [2.45, 2.75) is 17.9 Å². The summed E-state index contributed by atoms with van der Waals surface area (Å²) in [5, 5.41) is 0. The second kappa shape index (κ2) is 7.03. The van der Waals surface area contributed by atoms with Crippen molar-refractivity contribution in [1.29, 1.82) is 0 Å². The fourth-order valence-electron chi connectivity index (χ4n) is 1.21. The Morgan fingerprint density at radius 3 is 2.50 bits per heavy atom. The molecule has 0 spiro atoms. The molecule has 0 saturated heterocycles. The van der Waals surface area contributed by atoms with E-state index in [1.54, 1.807) is 31.2 Å². The van der Waals surface area contributed by atoms with Crippen LogP contribution in [0.25, 0.3) is 0 Å². The first-order valence-electron chi connectivity index (χ1n) is 5.27. The van der Waals surface area contributed by atoms with E-state index in [0.717, 1.165) is 0 Å². The molecule has 0 fully saturated rings. The van der Waals surface area contributed by atoms with E-state index < -0.39 is 12.0 Å². The van der Waals surface area contributed by atoms with E-state index in [1.807, 2.05) is 0 Å². The average Bonchev–Trinajstić information content (AvgIpc) is 2.43. The second-order valence-corrected chi connectivity index (χ2v) is 4.33. The summed E-state index contributed by atoms with van der Waals surface area (Å²) in [4.78, 5) is 23.4. The van der Waals surface area contributed by atoms with Gasteiger partial charge >= 0.3 is 11.9 Å². The number of hydrogen-bond acceptors (Lipinski definition) is 6. The summed E-state index contributed by atoms with van der Waals surface area (Å²) < 4.78 is 12.2. The van der Waals surface area contributed by atoms with Crippen LogP contribution in [0.15, 0.2) is 29.2 Å². The summed E-state index contributed by atoms with van der Waals surface area (Å²) in [6.45, 7) is 1.68. The first kappa shape index (κ1) is 14.5. The van der Waals surface area contributed by atoms with Gasteiger partial charge < -0.3 is 9.47 Å². The van der Waals surface area contributed by atoms with Crippen molar-refractivity contribution in [3.8, 4) is 0 Å². The summed E-state index contributed by atoms with van der Waals surface area (Å²) >= 11 is 1.19. The largest absolute Gasteiger partial charge is 0.468 e. The van der Waals surface area contributed by atoms with E-state index in [9.17, 15) is 9.59 Å². The lowest BCUT2D eigenvalue weighted by atomic mass is 10.2. The van der Waals surface area contributed by atoms with Crippen molar-refractivity contribution in [2.24, 2.45) is 0 Å². The fourth-order valence-corrected chi connectivity index (χ4v) is 2.02. The second-order valence-electron chi connectivity index (χ2n) is 3.45. The predicted octanol–water partition coefficient (Wildman–Crippen LogP) is 1.63. The Bertz CT molecular complexity index is 436. The molecule has 5 nitrogen and oxygen atoms in total. The molecule has 1 rings (SSSR count). The van der Waals surface area contributed by atoms with E-state index >= 15 is 0 Å². The Morgan fingerprint density at radius 1 is 1.22 bits per heavy atom. The van der Waals surface area contributed by atoms with E-state index in [0.29, 0.717) is 10.5 Å². The number of ether oxygens (including phenoxy) is 2. The number of nitrogens with one attached hydrogen (secondary N) is 1. The number of carbonyl (C=O) groups excluding carboxylic acids is 2. The molecule has 0 bridgehead atoms. The number of esters is 2. The van der Waals surface area contributed by atoms with Crippen LogP contribution < -0.4 is 4.72 Å². The minimum atomic E-state index is -0.467. The first-order chi connectivity index (χ1) is 8.60. The van der Waals surface area contributed by atoms with Crippen LogP contribution >= 0.6 is 11.9 Å². The highest BCUT2D eigenvalue weighted by Crippen LogP contribution is 2.21. The normalized spacial score (nSPS) is 11.7. The van der Waals surface area contributed by atoms with E-state index in [2.05, 4.69) is 14.2 Å². The Balaban J connectivity index is 2.73. The van der Waals surface area contributed by atoms with Crippen LogP contribution in [0.1, 0.15) is 17.3 Å². The van der Waals surface area contributed by atoms with Gasteiger partial charge in [0, 0.05) is 4.90 Å².